The third-order valence-corrected chi connectivity index (χ3v) is 2.10. The van der Waals surface area contributed by atoms with E-state index in [9.17, 15) is 0 Å². The van der Waals surface area contributed by atoms with Crippen LogP contribution in [0.15, 0.2) is 0 Å². The molecule has 0 atom stereocenters. The zero-order valence-electron chi connectivity index (χ0n) is 11.3. The molecule has 0 saturated carbocycles. The molecule has 0 unspecified atom stereocenters. The summed E-state index contributed by atoms with van der Waals surface area (Å²) in [5.41, 5.74) is -0.141. The lowest BCUT2D eigenvalue weighted by atomic mass is 10.1. The Morgan fingerprint density at radius 2 is 1.56 bits per heavy atom. The minimum atomic E-state index is -0.160. The Morgan fingerprint density at radius 3 is 2.00 bits per heavy atom. The molecule has 0 radical (unpaired) electrons. The Bertz CT molecular complexity index is 156. The molecule has 0 aromatic carbocycles. The second kappa shape index (κ2) is 8.93. The van der Waals surface area contributed by atoms with Gasteiger partial charge in [0, 0.05) is 32.9 Å². The van der Waals surface area contributed by atoms with Gasteiger partial charge in [-0.2, -0.15) is 0 Å². The van der Waals surface area contributed by atoms with Crippen LogP contribution >= 0.6 is 0 Å². The first-order valence-corrected chi connectivity index (χ1v) is 6.13. The quantitative estimate of drug-likeness (QED) is 0.584. The second-order valence-electron chi connectivity index (χ2n) is 4.16. The molecule has 0 aliphatic carbocycles. The third kappa shape index (κ3) is 8.05. The smallest absolute Gasteiger partial charge is 0.169 e. The van der Waals surface area contributed by atoms with Gasteiger partial charge in [-0.25, -0.2) is 0 Å². The van der Waals surface area contributed by atoms with Gasteiger partial charge in [0.25, 0.3) is 0 Å². The van der Waals surface area contributed by atoms with E-state index >= 15 is 0 Å². The molecule has 0 aromatic rings. The van der Waals surface area contributed by atoms with Gasteiger partial charge < -0.3 is 19.5 Å². The molecule has 4 nitrogen and oxygen atoms in total. The molecule has 1 N–H and O–H groups in total. The number of rotatable bonds is 10. The summed E-state index contributed by atoms with van der Waals surface area (Å²) >= 11 is 0. The summed E-state index contributed by atoms with van der Waals surface area (Å²) in [6.07, 6.45) is -0.160. The molecule has 0 aromatic heterocycles. The molecule has 0 fully saturated rings. The fourth-order valence-corrected chi connectivity index (χ4v) is 1.47. The molecule has 0 amide bonds. The molecular weight excluding hydrogens is 206 g/mol. The molecule has 0 saturated heterocycles. The van der Waals surface area contributed by atoms with Gasteiger partial charge in [0.1, 0.15) is 0 Å². The summed E-state index contributed by atoms with van der Waals surface area (Å²) < 4.78 is 16.5. The maximum Gasteiger partial charge on any atom is 0.169 e. The van der Waals surface area contributed by atoms with Crippen LogP contribution in [-0.2, 0) is 14.2 Å². The van der Waals surface area contributed by atoms with Crippen molar-refractivity contribution in [3.8, 4) is 0 Å². The van der Waals surface area contributed by atoms with Crippen molar-refractivity contribution in [1.82, 2.24) is 5.32 Å². The lowest BCUT2D eigenvalue weighted by Crippen LogP contribution is -2.41. The van der Waals surface area contributed by atoms with Crippen molar-refractivity contribution in [3.63, 3.8) is 0 Å². The predicted octanol–water partition coefficient (Wildman–Crippen LogP) is 1.79. The Balaban J connectivity index is 3.75. The zero-order valence-corrected chi connectivity index (χ0v) is 11.3. The van der Waals surface area contributed by atoms with Crippen LogP contribution in [-0.4, -0.2) is 44.8 Å². The van der Waals surface area contributed by atoms with Crippen molar-refractivity contribution in [2.45, 2.75) is 46.5 Å². The second-order valence-corrected chi connectivity index (χ2v) is 4.16. The van der Waals surface area contributed by atoms with Gasteiger partial charge in [0.2, 0.25) is 0 Å². The molecule has 16 heavy (non-hydrogen) atoms. The van der Waals surface area contributed by atoms with Gasteiger partial charge in [0.05, 0.1) is 5.60 Å². The minimum Gasteiger partial charge on any atom is -0.375 e. The largest absolute Gasteiger partial charge is 0.375 e. The summed E-state index contributed by atoms with van der Waals surface area (Å²) in [7, 11) is 0. The number of hydrogen-bond donors (Lipinski definition) is 1. The normalized spacial score (nSPS) is 12.4. The summed E-state index contributed by atoms with van der Waals surface area (Å²) in [6.45, 7) is 13.6. The van der Waals surface area contributed by atoms with Gasteiger partial charge in [-0.1, -0.05) is 0 Å². The predicted molar refractivity (Wildman–Crippen MR) is 65.6 cm³/mol. The van der Waals surface area contributed by atoms with Gasteiger partial charge in [-0.05, 0) is 34.6 Å². The fourth-order valence-electron chi connectivity index (χ4n) is 1.47. The van der Waals surface area contributed by atoms with E-state index in [0.717, 1.165) is 13.2 Å². The molecule has 98 valence electrons. The summed E-state index contributed by atoms with van der Waals surface area (Å²) in [5.74, 6) is 0. The Hall–Kier alpha value is -0.160. The molecule has 0 aliphatic heterocycles. The average molecular weight is 233 g/mol. The highest BCUT2D eigenvalue weighted by molar-refractivity contribution is 4.71. The maximum absolute atomic E-state index is 5.59. The summed E-state index contributed by atoms with van der Waals surface area (Å²) in [4.78, 5) is 0. The van der Waals surface area contributed by atoms with Gasteiger partial charge >= 0.3 is 0 Å². The number of ether oxygens (including phenoxy) is 3. The Morgan fingerprint density at radius 1 is 1.00 bits per heavy atom. The molecule has 0 aliphatic rings. The first-order chi connectivity index (χ1) is 7.55. The average Bonchev–Trinajstić information content (AvgIpc) is 2.18. The van der Waals surface area contributed by atoms with Crippen LogP contribution < -0.4 is 5.32 Å². The van der Waals surface area contributed by atoms with E-state index in [2.05, 4.69) is 19.2 Å². The van der Waals surface area contributed by atoms with Gasteiger partial charge in [0.15, 0.2) is 6.29 Å². The molecule has 0 heterocycles. The van der Waals surface area contributed by atoms with Crippen molar-refractivity contribution < 1.29 is 14.2 Å². The summed E-state index contributed by atoms with van der Waals surface area (Å²) in [5, 5.41) is 3.31. The van der Waals surface area contributed by atoms with E-state index in [0.29, 0.717) is 19.8 Å². The molecular formula is C12H27NO3. The lowest BCUT2D eigenvalue weighted by molar-refractivity contribution is -0.134. The van der Waals surface area contributed by atoms with E-state index in [1.807, 2.05) is 20.8 Å². The highest BCUT2D eigenvalue weighted by Gasteiger charge is 2.17. The van der Waals surface area contributed by atoms with Crippen molar-refractivity contribution >= 4 is 0 Å². The van der Waals surface area contributed by atoms with Crippen LogP contribution in [0, 0.1) is 0 Å². The van der Waals surface area contributed by atoms with Crippen LogP contribution in [0.4, 0.5) is 0 Å². The van der Waals surface area contributed by atoms with Gasteiger partial charge in [-0.3, -0.25) is 0 Å². The molecule has 4 heteroatoms. The fraction of sp³-hybridized carbons (Fsp3) is 1.00. The van der Waals surface area contributed by atoms with E-state index in [1.165, 1.54) is 0 Å². The Labute approximate surface area is 99.6 Å². The highest BCUT2D eigenvalue weighted by Crippen LogP contribution is 2.06. The third-order valence-electron chi connectivity index (χ3n) is 2.10. The monoisotopic (exact) mass is 233 g/mol. The Kier molecular flexibility index (Phi) is 8.84. The van der Waals surface area contributed by atoms with Crippen LogP contribution in [0.3, 0.4) is 0 Å². The van der Waals surface area contributed by atoms with E-state index < -0.39 is 0 Å². The van der Waals surface area contributed by atoms with Crippen molar-refractivity contribution in [2.75, 3.05) is 32.9 Å². The standard InChI is InChI=1S/C12H27NO3/c1-6-14-11(15-7-2)9-13-10-12(4,5)16-8-3/h11,13H,6-10H2,1-5H3. The molecule has 0 bridgehead atoms. The van der Waals surface area contributed by atoms with E-state index in [4.69, 9.17) is 14.2 Å². The van der Waals surface area contributed by atoms with Crippen LogP contribution in [0.2, 0.25) is 0 Å². The minimum absolute atomic E-state index is 0.141. The zero-order chi connectivity index (χ0) is 12.4. The van der Waals surface area contributed by atoms with Crippen molar-refractivity contribution in [2.24, 2.45) is 0 Å². The van der Waals surface area contributed by atoms with Crippen LogP contribution in [0.5, 0.6) is 0 Å². The van der Waals surface area contributed by atoms with Crippen LogP contribution in [0.25, 0.3) is 0 Å². The van der Waals surface area contributed by atoms with Crippen molar-refractivity contribution in [3.05, 3.63) is 0 Å². The first kappa shape index (κ1) is 15.8. The van der Waals surface area contributed by atoms with Gasteiger partial charge in [-0.15, -0.1) is 0 Å². The van der Waals surface area contributed by atoms with E-state index in [1.54, 1.807) is 0 Å². The van der Waals surface area contributed by atoms with Crippen molar-refractivity contribution in [1.29, 1.82) is 0 Å². The SMILES string of the molecule is CCOC(CNCC(C)(C)OCC)OCC. The lowest BCUT2D eigenvalue weighted by Gasteiger charge is -2.26. The molecule has 0 spiro atoms. The summed E-state index contributed by atoms with van der Waals surface area (Å²) in [6, 6.07) is 0. The number of nitrogens with one attached hydrogen (secondary N) is 1. The number of hydrogen-bond acceptors (Lipinski definition) is 4. The first-order valence-electron chi connectivity index (χ1n) is 6.13. The maximum atomic E-state index is 5.59. The van der Waals surface area contributed by atoms with E-state index in [-0.39, 0.29) is 11.9 Å². The van der Waals surface area contributed by atoms with Crippen LogP contribution in [0.1, 0.15) is 34.6 Å². The highest BCUT2D eigenvalue weighted by atomic mass is 16.7. The topological polar surface area (TPSA) is 39.7 Å². The molecule has 0 rings (SSSR count).